The van der Waals surface area contributed by atoms with Crippen LogP contribution in [0.15, 0.2) is 24.3 Å². The second kappa shape index (κ2) is 5.85. The van der Waals surface area contributed by atoms with Crippen LogP contribution in [-0.2, 0) is 6.18 Å². The minimum absolute atomic E-state index is 0.560. The Morgan fingerprint density at radius 1 is 1.21 bits per heavy atom. The fourth-order valence-corrected chi connectivity index (χ4v) is 2.80. The first-order valence-corrected chi connectivity index (χ1v) is 6.93. The first-order chi connectivity index (χ1) is 9.00. The van der Waals surface area contributed by atoms with Gasteiger partial charge in [-0.2, -0.15) is 13.2 Å². The molecule has 0 N–H and O–H groups in total. The highest BCUT2D eigenvalue weighted by molar-refractivity contribution is 5.49. The summed E-state index contributed by atoms with van der Waals surface area (Å²) in [4.78, 5) is 2.06. The first kappa shape index (κ1) is 14.2. The SMILES string of the molecule is CCN(CC1CCCC1)c1cccc(C(F)(F)F)c1. The van der Waals surface area contributed by atoms with Gasteiger partial charge < -0.3 is 4.90 Å². The van der Waals surface area contributed by atoms with E-state index >= 15 is 0 Å². The minimum atomic E-state index is -4.26. The molecule has 4 heteroatoms. The zero-order valence-electron chi connectivity index (χ0n) is 11.2. The highest BCUT2D eigenvalue weighted by atomic mass is 19.4. The van der Waals surface area contributed by atoms with Crippen LogP contribution < -0.4 is 4.90 Å². The molecule has 2 rings (SSSR count). The van der Waals surface area contributed by atoms with Crippen LogP contribution in [0.1, 0.15) is 38.2 Å². The summed E-state index contributed by atoms with van der Waals surface area (Å²) in [5.41, 5.74) is 0.124. The molecular weight excluding hydrogens is 251 g/mol. The van der Waals surface area contributed by atoms with E-state index in [1.807, 2.05) is 6.92 Å². The molecule has 0 amide bonds. The lowest BCUT2D eigenvalue weighted by atomic mass is 10.1. The number of rotatable bonds is 4. The minimum Gasteiger partial charge on any atom is -0.372 e. The van der Waals surface area contributed by atoms with Crippen LogP contribution in [-0.4, -0.2) is 13.1 Å². The molecule has 1 nitrogen and oxygen atoms in total. The van der Waals surface area contributed by atoms with Crippen molar-refractivity contribution < 1.29 is 13.2 Å². The number of hydrogen-bond acceptors (Lipinski definition) is 1. The summed E-state index contributed by atoms with van der Waals surface area (Å²) in [5, 5.41) is 0. The van der Waals surface area contributed by atoms with Crippen LogP contribution in [0, 0.1) is 5.92 Å². The van der Waals surface area contributed by atoms with E-state index in [9.17, 15) is 13.2 Å². The lowest BCUT2D eigenvalue weighted by Gasteiger charge is -2.27. The molecule has 1 aliphatic rings. The number of halogens is 3. The summed E-state index contributed by atoms with van der Waals surface area (Å²) in [6.45, 7) is 3.62. The van der Waals surface area contributed by atoms with Gasteiger partial charge in [0.2, 0.25) is 0 Å². The molecule has 0 unspecified atom stereocenters. The third-order valence-corrected chi connectivity index (χ3v) is 3.87. The zero-order valence-corrected chi connectivity index (χ0v) is 11.2. The van der Waals surface area contributed by atoms with E-state index in [1.165, 1.54) is 37.8 Å². The molecule has 19 heavy (non-hydrogen) atoms. The van der Waals surface area contributed by atoms with Gasteiger partial charge in [-0.05, 0) is 43.9 Å². The third kappa shape index (κ3) is 3.64. The van der Waals surface area contributed by atoms with E-state index in [0.29, 0.717) is 11.6 Å². The van der Waals surface area contributed by atoms with Crippen molar-refractivity contribution in [1.29, 1.82) is 0 Å². The largest absolute Gasteiger partial charge is 0.416 e. The van der Waals surface area contributed by atoms with Crippen LogP contribution in [0.4, 0.5) is 18.9 Å². The predicted molar refractivity (Wildman–Crippen MR) is 71.3 cm³/mol. The van der Waals surface area contributed by atoms with E-state index in [0.717, 1.165) is 19.2 Å². The molecule has 106 valence electrons. The fourth-order valence-electron chi connectivity index (χ4n) is 2.80. The van der Waals surface area contributed by atoms with Crippen LogP contribution in [0.2, 0.25) is 0 Å². The van der Waals surface area contributed by atoms with Crippen molar-refractivity contribution in [2.75, 3.05) is 18.0 Å². The van der Waals surface area contributed by atoms with Gasteiger partial charge in [0.25, 0.3) is 0 Å². The normalized spacial score (nSPS) is 16.8. The van der Waals surface area contributed by atoms with E-state index < -0.39 is 11.7 Å². The Balaban J connectivity index is 2.13. The van der Waals surface area contributed by atoms with Gasteiger partial charge in [0.15, 0.2) is 0 Å². The van der Waals surface area contributed by atoms with Crippen molar-refractivity contribution >= 4 is 5.69 Å². The first-order valence-electron chi connectivity index (χ1n) is 6.93. The molecule has 0 aliphatic heterocycles. The maximum atomic E-state index is 12.7. The Bertz CT molecular complexity index is 408. The lowest BCUT2D eigenvalue weighted by Crippen LogP contribution is -2.28. The van der Waals surface area contributed by atoms with Gasteiger partial charge in [0.1, 0.15) is 0 Å². The van der Waals surface area contributed by atoms with E-state index in [-0.39, 0.29) is 0 Å². The maximum Gasteiger partial charge on any atom is 0.416 e. The highest BCUT2D eigenvalue weighted by Gasteiger charge is 2.31. The van der Waals surface area contributed by atoms with Crippen molar-refractivity contribution in [2.45, 2.75) is 38.8 Å². The maximum absolute atomic E-state index is 12.7. The molecule has 0 bridgehead atoms. The third-order valence-electron chi connectivity index (χ3n) is 3.87. The Kier molecular flexibility index (Phi) is 4.38. The summed E-state index contributed by atoms with van der Waals surface area (Å²) < 4.78 is 38.2. The van der Waals surface area contributed by atoms with Crippen LogP contribution >= 0.6 is 0 Å². The average molecular weight is 271 g/mol. The average Bonchev–Trinajstić information content (AvgIpc) is 2.88. The van der Waals surface area contributed by atoms with Crippen LogP contribution in [0.5, 0.6) is 0 Å². The van der Waals surface area contributed by atoms with Gasteiger partial charge in [0, 0.05) is 18.8 Å². The summed E-state index contributed by atoms with van der Waals surface area (Å²) in [6.07, 6.45) is 0.656. The topological polar surface area (TPSA) is 3.24 Å². The highest BCUT2D eigenvalue weighted by Crippen LogP contribution is 2.33. The van der Waals surface area contributed by atoms with Crippen molar-refractivity contribution in [3.63, 3.8) is 0 Å². The summed E-state index contributed by atoms with van der Waals surface area (Å²) in [6, 6.07) is 5.66. The van der Waals surface area contributed by atoms with Gasteiger partial charge in [-0.3, -0.25) is 0 Å². The second-order valence-electron chi connectivity index (χ2n) is 5.24. The predicted octanol–water partition coefficient (Wildman–Crippen LogP) is 4.72. The fraction of sp³-hybridized carbons (Fsp3) is 0.600. The molecule has 1 saturated carbocycles. The van der Waals surface area contributed by atoms with Crippen molar-refractivity contribution in [3.8, 4) is 0 Å². The number of nitrogens with zero attached hydrogens (tertiary/aromatic N) is 1. The standard InChI is InChI=1S/C15H20F3N/c1-2-19(11-12-6-3-4-7-12)14-9-5-8-13(10-14)15(16,17)18/h5,8-10,12H,2-4,6-7,11H2,1H3. The molecule has 0 atom stereocenters. The summed E-state index contributed by atoms with van der Waals surface area (Å²) in [5.74, 6) is 0.634. The van der Waals surface area contributed by atoms with E-state index in [4.69, 9.17) is 0 Å². The number of benzene rings is 1. The van der Waals surface area contributed by atoms with E-state index in [1.54, 1.807) is 6.07 Å². The summed E-state index contributed by atoms with van der Waals surface area (Å²) in [7, 11) is 0. The van der Waals surface area contributed by atoms with Gasteiger partial charge >= 0.3 is 6.18 Å². The molecule has 0 heterocycles. The quantitative estimate of drug-likeness (QED) is 0.765. The molecule has 1 aromatic carbocycles. The molecule has 0 aromatic heterocycles. The number of anilines is 1. The second-order valence-corrected chi connectivity index (χ2v) is 5.24. The monoisotopic (exact) mass is 271 g/mol. The number of alkyl halides is 3. The van der Waals surface area contributed by atoms with E-state index in [2.05, 4.69) is 4.90 Å². The van der Waals surface area contributed by atoms with Gasteiger partial charge in [0.05, 0.1) is 5.56 Å². The Morgan fingerprint density at radius 2 is 1.89 bits per heavy atom. The smallest absolute Gasteiger partial charge is 0.372 e. The molecule has 0 saturated heterocycles. The Labute approximate surface area is 112 Å². The Morgan fingerprint density at radius 3 is 2.47 bits per heavy atom. The van der Waals surface area contributed by atoms with Crippen molar-refractivity contribution in [2.24, 2.45) is 5.92 Å². The van der Waals surface area contributed by atoms with Crippen LogP contribution in [0.3, 0.4) is 0 Å². The lowest BCUT2D eigenvalue weighted by molar-refractivity contribution is -0.137. The molecular formula is C15H20F3N. The molecule has 1 aliphatic carbocycles. The van der Waals surface area contributed by atoms with Crippen molar-refractivity contribution in [1.82, 2.24) is 0 Å². The Hall–Kier alpha value is -1.19. The zero-order chi connectivity index (χ0) is 13.9. The van der Waals surface area contributed by atoms with Crippen molar-refractivity contribution in [3.05, 3.63) is 29.8 Å². The van der Waals surface area contributed by atoms with Gasteiger partial charge in [-0.15, -0.1) is 0 Å². The molecule has 1 aromatic rings. The molecule has 1 fully saturated rings. The number of hydrogen-bond donors (Lipinski definition) is 0. The molecule has 0 radical (unpaired) electrons. The van der Waals surface area contributed by atoms with Gasteiger partial charge in [-0.25, -0.2) is 0 Å². The molecule has 0 spiro atoms. The van der Waals surface area contributed by atoms with Gasteiger partial charge in [-0.1, -0.05) is 18.9 Å². The van der Waals surface area contributed by atoms with Crippen LogP contribution in [0.25, 0.3) is 0 Å². The summed E-state index contributed by atoms with van der Waals surface area (Å²) >= 11 is 0.